The van der Waals surface area contributed by atoms with Gasteiger partial charge < -0.3 is 15.0 Å². The predicted octanol–water partition coefficient (Wildman–Crippen LogP) is 3.53. The fourth-order valence-electron chi connectivity index (χ4n) is 2.69. The number of fused-ring (bicyclic) bond motifs is 1. The van der Waals surface area contributed by atoms with Crippen LogP contribution < -0.4 is 10.5 Å². The second kappa shape index (κ2) is 4.81. The normalized spacial score (nSPS) is 14.5. The Kier molecular flexibility index (Phi) is 2.81. The number of nitrogen functional groups attached to an aromatic ring is 1. The van der Waals surface area contributed by atoms with Crippen molar-refractivity contribution in [3.8, 4) is 5.75 Å². The monoisotopic (exact) mass is 279 g/mol. The Balaban J connectivity index is 1.65. The van der Waals surface area contributed by atoms with Gasteiger partial charge in [-0.25, -0.2) is 4.98 Å². The number of hydrogen-bond acceptors (Lipinski definition) is 3. The summed E-state index contributed by atoms with van der Waals surface area (Å²) in [6, 6.07) is 16.4. The average molecular weight is 279 g/mol. The molecule has 0 spiro atoms. The van der Waals surface area contributed by atoms with Gasteiger partial charge in [-0.1, -0.05) is 18.2 Å². The summed E-state index contributed by atoms with van der Waals surface area (Å²) >= 11 is 0. The van der Waals surface area contributed by atoms with Crippen LogP contribution in [0.3, 0.4) is 0 Å². The summed E-state index contributed by atoms with van der Waals surface area (Å²) in [6.45, 7) is 0.467. The molecule has 1 saturated carbocycles. The Morgan fingerprint density at radius 3 is 2.81 bits per heavy atom. The summed E-state index contributed by atoms with van der Waals surface area (Å²) in [5.41, 5.74) is 8.73. The van der Waals surface area contributed by atoms with Crippen LogP contribution in [0.15, 0.2) is 48.5 Å². The van der Waals surface area contributed by atoms with E-state index in [4.69, 9.17) is 15.5 Å². The van der Waals surface area contributed by atoms with E-state index in [1.807, 2.05) is 30.3 Å². The Hall–Kier alpha value is -2.49. The minimum atomic E-state index is 0.467. The lowest BCUT2D eigenvalue weighted by Crippen LogP contribution is -2.06. The smallest absolute Gasteiger partial charge is 0.148 e. The maximum atomic E-state index is 5.86. The largest absolute Gasteiger partial charge is 0.486 e. The molecule has 0 atom stereocenters. The van der Waals surface area contributed by atoms with Crippen molar-refractivity contribution in [1.29, 1.82) is 0 Å². The lowest BCUT2D eigenvalue weighted by atomic mass is 10.3. The molecule has 0 aliphatic heterocycles. The van der Waals surface area contributed by atoms with Crippen molar-refractivity contribution in [3.63, 3.8) is 0 Å². The lowest BCUT2D eigenvalue weighted by Gasteiger charge is -2.09. The topological polar surface area (TPSA) is 53.1 Å². The minimum Gasteiger partial charge on any atom is -0.486 e. The van der Waals surface area contributed by atoms with Gasteiger partial charge in [0, 0.05) is 17.8 Å². The first-order chi connectivity index (χ1) is 10.3. The molecule has 3 aromatic rings. The molecular weight excluding hydrogens is 262 g/mol. The van der Waals surface area contributed by atoms with E-state index in [9.17, 15) is 0 Å². The van der Waals surface area contributed by atoms with Gasteiger partial charge in [-0.3, -0.25) is 0 Å². The minimum absolute atomic E-state index is 0.467. The molecule has 0 unspecified atom stereocenters. The van der Waals surface area contributed by atoms with Gasteiger partial charge in [0.2, 0.25) is 0 Å². The molecule has 0 bridgehead atoms. The Bertz CT molecular complexity index is 790. The maximum Gasteiger partial charge on any atom is 0.148 e. The van der Waals surface area contributed by atoms with Gasteiger partial charge in [-0.05, 0) is 37.1 Å². The number of imidazole rings is 1. The zero-order valence-corrected chi connectivity index (χ0v) is 11.7. The average Bonchev–Trinajstić information content (AvgIpc) is 3.26. The Labute approximate surface area is 123 Å². The molecule has 2 N–H and O–H groups in total. The third-order valence-corrected chi connectivity index (χ3v) is 3.81. The molecule has 4 heteroatoms. The third-order valence-electron chi connectivity index (χ3n) is 3.81. The fraction of sp³-hybridized carbons (Fsp3) is 0.235. The molecular formula is C17H17N3O. The predicted molar refractivity (Wildman–Crippen MR) is 83.2 cm³/mol. The Morgan fingerprint density at radius 2 is 2.00 bits per heavy atom. The van der Waals surface area contributed by atoms with E-state index in [2.05, 4.69) is 22.8 Å². The number of nitrogens with two attached hydrogens (primary N) is 1. The first kappa shape index (κ1) is 12.3. The summed E-state index contributed by atoms with van der Waals surface area (Å²) in [5.74, 6) is 1.77. The number of para-hydroxylation sites is 2. The van der Waals surface area contributed by atoms with Crippen LogP contribution in [0.2, 0.25) is 0 Å². The van der Waals surface area contributed by atoms with Gasteiger partial charge in [0.25, 0.3) is 0 Å². The van der Waals surface area contributed by atoms with E-state index < -0.39 is 0 Å². The zero-order valence-electron chi connectivity index (χ0n) is 11.7. The first-order valence-corrected chi connectivity index (χ1v) is 7.25. The second-order valence-electron chi connectivity index (χ2n) is 5.48. The van der Waals surface area contributed by atoms with Crippen molar-refractivity contribution in [3.05, 3.63) is 54.4 Å². The van der Waals surface area contributed by atoms with Crippen LogP contribution in [0.25, 0.3) is 11.0 Å². The molecule has 1 aliphatic rings. The molecule has 21 heavy (non-hydrogen) atoms. The molecule has 2 aromatic carbocycles. The van der Waals surface area contributed by atoms with E-state index in [0.29, 0.717) is 18.3 Å². The van der Waals surface area contributed by atoms with E-state index in [0.717, 1.165) is 17.1 Å². The molecule has 0 saturated heterocycles. The van der Waals surface area contributed by atoms with Crippen LogP contribution in [-0.2, 0) is 6.61 Å². The van der Waals surface area contributed by atoms with Crippen LogP contribution in [0, 0.1) is 0 Å². The van der Waals surface area contributed by atoms with Crippen molar-refractivity contribution in [2.24, 2.45) is 0 Å². The number of nitrogens with zero attached hydrogens (tertiary/aromatic N) is 2. The molecule has 0 radical (unpaired) electrons. The van der Waals surface area contributed by atoms with Gasteiger partial charge in [-0.2, -0.15) is 0 Å². The highest BCUT2D eigenvalue weighted by molar-refractivity contribution is 5.76. The van der Waals surface area contributed by atoms with Crippen LogP contribution in [-0.4, -0.2) is 9.55 Å². The SMILES string of the molecule is Nc1cccc(OCc2nc3ccccc3n2C2CC2)c1. The summed E-state index contributed by atoms with van der Waals surface area (Å²) in [6.07, 6.45) is 2.46. The molecule has 0 amide bonds. The molecule has 1 aromatic heterocycles. The van der Waals surface area contributed by atoms with Crippen molar-refractivity contribution < 1.29 is 4.74 Å². The van der Waals surface area contributed by atoms with Crippen molar-refractivity contribution in [1.82, 2.24) is 9.55 Å². The summed E-state index contributed by atoms with van der Waals surface area (Å²) < 4.78 is 8.18. The molecule has 106 valence electrons. The summed E-state index contributed by atoms with van der Waals surface area (Å²) in [5, 5.41) is 0. The number of aromatic nitrogens is 2. The van der Waals surface area contributed by atoms with Gasteiger partial charge in [-0.15, -0.1) is 0 Å². The number of benzene rings is 2. The molecule has 1 heterocycles. The number of hydrogen-bond donors (Lipinski definition) is 1. The van der Waals surface area contributed by atoms with Crippen LogP contribution in [0.1, 0.15) is 24.7 Å². The van der Waals surface area contributed by atoms with E-state index in [-0.39, 0.29) is 0 Å². The lowest BCUT2D eigenvalue weighted by molar-refractivity contribution is 0.290. The third kappa shape index (κ3) is 2.33. The van der Waals surface area contributed by atoms with Gasteiger partial charge in [0.1, 0.15) is 18.2 Å². The quantitative estimate of drug-likeness (QED) is 0.743. The van der Waals surface area contributed by atoms with Crippen LogP contribution in [0.5, 0.6) is 5.75 Å². The Morgan fingerprint density at radius 1 is 1.14 bits per heavy atom. The van der Waals surface area contributed by atoms with Crippen LogP contribution in [0.4, 0.5) is 5.69 Å². The number of ether oxygens (including phenoxy) is 1. The van der Waals surface area contributed by atoms with Crippen molar-refractivity contribution in [2.45, 2.75) is 25.5 Å². The standard InChI is InChI=1S/C17H17N3O/c18-12-4-3-5-14(10-12)21-11-17-19-15-6-1-2-7-16(15)20(17)13-8-9-13/h1-7,10,13H,8-9,11,18H2. The number of rotatable bonds is 4. The maximum absolute atomic E-state index is 5.86. The second-order valence-corrected chi connectivity index (χ2v) is 5.48. The van der Waals surface area contributed by atoms with E-state index in [1.54, 1.807) is 0 Å². The van der Waals surface area contributed by atoms with Gasteiger partial charge in [0.15, 0.2) is 0 Å². The molecule has 4 rings (SSSR count). The first-order valence-electron chi connectivity index (χ1n) is 7.25. The van der Waals surface area contributed by atoms with Crippen molar-refractivity contribution in [2.75, 3.05) is 5.73 Å². The van der Waals surface area contributed by atoms with Gasteiger partial charge >= 0.3 is 0 Å². The van der Waals surface area contributed by atoms with E-state index >= 15 is 0 Å². The van der Waals surface area contributed by atoms with Crippen molar-refractivity contribution >= 4 is 16.7 Å². The molecule has 4 nitrogen and oxygen atoms in total. The molecule has 1 aliphatic carbocycles. The van der Waals surface area contributed by atoms with Gasteiger partial charge in [0.05, 0.1) is 11.0 Å². The van der Waals surface area contributed by atoms with E-state index in [1.165, 1.54) is 18.4 Å². The van der Waals surface area contributed by atoms with Crippen LogP contribution >= 0.6 is 0 Å². The summed E-state index contributed by atoms with van der Waals surface area (Å²) in [4.78, 5) is 4.72. The molecule has 1 fully saturated rings. The fourth-order valence-corrected chi connectivity index (χ4v) is 2.69. The highest BCUT2D eigenvalue weighted by Gasteiger charge is 2.28. The highest BCUT2D eigenvalue weighted by atomic mass is 16.5. The highest BCUT2D eigenvalue weighted by Crippen LogP contribution is 2.38. The number of anilines is 1. The summed E-state index contributed by atoms with van der Waals surface area (Å²) in [7, 11) is 0. The zero-order chi connectivity index (χ0) is 14.2.